The van der Waals surface area contributed by atoms with Gasteiger partial charge in [0.1, 0.15) is 0 Å². The highest BCUT2D eigenvalue weighted by Gasteiger charge is 2.10. The van der Waals surface area contributed by atoms with Crippen molar-refractivity contribution in [3.63, 3.8) is 0 Å². The fourth-order valence-electron chi connectivity index (χ4n) is 1.00. The van der Waals surface area contributed by atoms with Crippen LogP contribution in [-0.2, 0) is 0 Å². The zero-order chi connectivity index (χ0) is 10.7. The van der Waals surface area contributed by atoms with E-state index in [1.54, 1.807) is 32.2 Å². The van der Waals surface area contributed by atoms with Crippen molar-refractivity contribution < 1.29 is 0 Å². The molecule has 14 heavy (non-hydrogen) atoms. The zero-order valence-electron chi connectivity index (χ0n) is 7.94. The minimum atomic E-state index is 0.306. The Hall–Kier alpha value is -0.860. The molecule has 2 nitrogen and oxygen atoms in total. The number of nitrogens with zero attached hydrogens (tertiary/aromatic N) is 1. The molecule has 0 aliphatic heterocycles. The molecule has 1 aromatic rings. The first kappa shape index (κ1) is 11.2. The predicted molar refractivity (Wildman–Crippen MR) is 62.3 cm³/mol. The lowest BCUT2D eigenvalue weighted by Gasteiger charge is -2.06. The van der Waals surface area contributed by atoms with Crippen molar-refractivity contribution in [2.75, 3.05) is 7.05 Å². The molecule has 0 aromatic heterocycles. The van der Waals surface area contributed by atoms with Crippen LogP contribution in [0.2, 0.25) is 10.0 Å². The quantitative estimate of drug-likeness (QED) is 0.754. The van der Waals surface area contributed by atoms with Crippen molar-refractivity contribution in [1.29, 1.82) is 5.41 Å². The van der Waals surface area contributed by atoms with Gasteiger partial charge in [0, 0.05) is 12.6 Å². The smallest absolute Gasteiger partial charge is 0.0834 e. The number of aliphatic imine (C=N–C) groups is 1. The fourth-order valence-corrected chi connectivity index (χ4v) is 1.40. The van der Waals surface area contributed by atoms with Crippen molar-refractivity contribution in [3.8, 4) is 0 Å². The Labute approximate surface area is 93.1 Å². The Morgan fingerprint density at radius 3 is 2.57 bits per heavy atom. The molecule has 0 radical (unpaired) electrons. The van der Waals surface area contributed by atoms with Crippen molar-refractivity contribution in [2.24, 2.45) is 4.99 Å². The van der Waals surface area contributed by atoms with Gasteiger partial charge in [0.05, 0.1) is 21.5 Å². The van der Waals surface area contributed by atoms with E-state index in [1.807, 2.05) is 0 Å². The van der Waals surface area contributed by atoms with Gasteiger partial charge in [-0.1, -0.05) is 35.3 Å². The Balaban J connectivity index is 3.21. The molecule has 0 aliphatic rings. The molecule has 1 aromatic carbocycles. The third-order valence-corrected chi connectivity index (χ3v) is 2.74. The van der Waals surface area contributed by atoms with Crippen molar-refractivity contribution in [2.45, 2.75) is 6.92 Å². The van der Waals surface area contributed by atoms with Crippen LogP contribution in [0.1, 0.15) is 12.5 Å². The van der Waals surface area contributed by atoms with Crippen molar-refractivity contribution in [3.05, 3.63) is 33.8 Å². The van der Waals surface area contributed by atoms with Gasteiger partial charge in [0.15, 0.2) is 0 Å². The van der Waals surface area contributed by atoms with Gasteiger partial charge in [-0.3, -0.25) is 10.4 Å². The van der Waals surface area contributed by atoms with E-state index in [0.29, 0.717) is 27.0 Å². The SMILES string of the molecule is CN=C(C)C(=N)c1cccc(Cl)c1Cl. The van der Waals surface area contributed by atoms with Crippen LogP contribution < -0.4 is 0 Å². The van der Waals surface area contributed by atoms with Crippen LogP contribution in [-0.4, -0.2) is 18.5 Å². The molecule has 0 heterocycles. The summed E-state index contributed by atoms with van der Waals surface area (Å²) in [4.78, 5) is 3.93. The van der Waals surface area contributed by atoms with Crippen LogP contribution in [0.3, 0.4) is 0 Å². The van der Waals surface area contributed by atoms with Crippen LogP contribution in [0.4, 0.5) is 0 Å². The minimum absolute atomic E-state index is 0.306. The van der Waals surface area contributed by atoms with E-state index in [1.165, 1.54) is 0 Å². The van der Waals surface area contributed by atoms with E-state index in [4.69, 9.17) is 28.6 Å². The Morgan fingerprint density at radius 2 is 2.00 bits per heavy atom. The lowest BCUT2D eigenvalue weighted by atomic mass is 10.1. The van der Waals surface area contributed by atoms with Gasteiger partial charge < -0.3 is 0 Å². The zero-order valence-corrected chi connectivity index (χ0v) is 9.45. The molecule has 74 valence electrons. The van der Waals surface area contributed by atoms with Gasteiger partial charge in [-0.2, -0.15) is 0 Å². The fraction of sp³-hybridized carbons (Fsp3) is 0.200. The second-order valence-electron chi connectivity index (χ2n) is 2.79. The third kappa shape index (κ3) is 2.14. The van der Waals surface area contributed by atoms with E-state index in [2.05, 4.69) is 4.99 Å². The summed E-state index contributed by atoms with van der Waals surface area (Å²) in [5.41, 5.74) is 1.55. The summed E-state index contributed by atoms with van der Waals surface area (Å²) < 4.78 is 0. The highest BCUT2D eigenvalue weighted by molar-refractivity contribution is 6.52. The Bertz CT molecular complexity index is 397. The summed E-state index contributed by atoms with van der Waals surface area (Å²) in [5, 5.41) is 8.66. The van der Waals surface area contributed by atoms with Crippen molar-refractivity contribution >= 4 is 34.6 Å². The largest absolute Gasteiger partial charge is 0.298 e. The lowest BCUT2D eigenvalue weighted by molar-refractivity contribution is 1.41. The third-order valence-electron chi connectivity index (χ3n) is 1.92. The maximum absolute atomic E-state index is 7.80. The van der Waals surface area contributed by atoms with E-state index in [-0.39, 0.29) is 0 Å². The molecule has 4 heteroatoms. The number of halogens is 2. The number of nitrogens with one attached hydrogen (secondary N) is 1. The summed E-state index contributed by atoms with van der Waals surface area (Å²) >= 11 is 11.8. The number of hydrogen-bond donors (Lipinski definition) is 1. The van der Waals surface area contributed by atoms with Gasteiger partial charge in [0.25, 0.3) is 0 Å². The Morgan fingerprint density at radius 1 is 1.36 bits per heavy atom. The molecule has 0 fully saturated rings. The van der Waals surface area contributed by atoms with Crippen LogP contribution >= 0.6 is 23.2 Å². The number of rotatable bonds is 2. The maximum atomic E-state index is 7.80. The van der Waals surface area contributed by atoms with Crippen molar-refractivity contribution in [1.82, 2.24) is 0 Å². The summed E-state index contributed by atoms with van der Waals surface area (Å²) in [6.45, 7) is 1.76. The molecule has 0 bridgehead atoms. The van der Waals surface area contributed by atoms with Crippen LogP contribution in [0.15, 0.2) is 23.2 Å². The lowest BCUT2D eigenvalue weighted by Crippen LogP contribution is -2.10. The summed E-state index contributed by atoms with van der Waals surface area (Å²) in [6, 6.07) is 5.21. The van der Waals surface area contributed by atoms with Crippen LogP contribution in [0, 0.1) is 5.41 Å². The maximum Gasteiger partial charge on any atom is 0.0834 e. The van der Waals surface area contributed by atoms with Gasteiger partial charge in [-0.05, 0) is 13.0 Å². The van der Waals surface area contributed by atoms with E-state index < -0.39 is 0 Å². The van der Waals surface area contributed by atoms with Gasteiger partial charge in [-0.25, -0.2) is 0 Å². The van der Waals surface area contributed by atoms with Gasteiger partial charge in [-0.15, -0.1) is 0 Å². The topological polar surface area (TPSA) is 36.2 Å². The highest BCUT2D eigenvalue weighted by Crippen LogP contribution is 2.25. The second kappa shape index (κ2) is 4.58. The molecule has 0 aliphatic carbocycles. The molecule has 1 rings (SSSR count). The molecule has 0 amide bonds. The molecular formula is C10H10Cl2N2. The first-order chi connectivity index (χ1) is 6.57. The first-order valence-electron chi connectivity index (χ1n) is 4.04. The second-order valence-corrected chi connectivity index (χ2v) is 3.57. The molecular weight excluding hydrogens is 219 g/mol. The van der Waals surface area contributed by atoms with E-state index >= 15 is 0 Å². The summed E-state index contributed by atoms with van der Waals surface area (Å²) in [5.74, 6) is 0. The average Bonchev–Trinajstić information content (AvgIpc) is 2.20. The summed E-state index contributed by atoms with van der Waals surface area (Å²) in [6.07, 6.45) is 0. The summed E-state index contributed by atoms with van der Waals surface area (Å²) in [7, 11) is 1.64. The predicted octanol–water partition coefficient (Wildman–Crippen LogP) is 3.45. The monoisotopic (exact) mass is 228 g/mol. The van der Waals surface area contributed by atoms with Crippen LogP contribution in [0.25, 0.3) is 0 Å². The van der Waals surface area contributed by atoms with E-state index in [0.717, 1.165) is 0 Å². The molecule has 0 saturated heterocycles. The van der Waals surface area contributed by atoms with Gasteiger partial charge >= 0.3 is 0 Å². The molecule has 0 unspecified atom stereocenters. The van der Waals surface area contributed by atoms with E-state index in [9.17, 15) is 0 Å². The Kier molecular flexibility index (Phi) is 3.67. The number of benzene rings is 1. The average molecular weight is 229 g/mol. The first-order valence-corrected chi connectivity index (χ1v) is 4.80. The number of hydrogen-bond acceptors (Lipinski definition) is 2. The highest BCUT2D eigenvalue weighted by atomic mass is 35.5. The molecule has 1 N–H and O–H groups in total. The van der Waals surface area contributed by atoms with Gasteiger partial charge in [0.2, 0.25) is 0 Å². The standard InChI is InChI=1S/C10H10Cl2N2/c1-6(14-2)10(13)7-4-3-5-8(11)9(7)12/h3-5,13H,1-2H3. The normalized spacial score (nSPS) is 11.6. The molecule has 0 spiro atoms. The molecule has 0 atom stereocenters. The van der Waals surface area contributed by atoms with Crippen LogP contribution in [0.5, 0.6) is 0 Å². The minimum Gasteiger partial charge on any atom is -0.298 e. The molecule has 0 saturated carbocycles.